The topological polar surface area (TPSA) is 77.8 Å². The zero-order valence-electron chi connectivity index (χ0n) is 10.8. The van der Waals surface area contributed by atoms with Gasteiger partial charge in [-0.1, -0.05) is 0 Å². The van der Waals surface area contributed by atoms with Crippen molar-refractivity contribution in [2.24, 2.45) is 0 Å². The van der Waals surface area contributed by atoms with E-state index in [9.17, 15) is 13.2 Å². The third-order valence-electron chi connectivity index (χ3n) is 3.19. The maximum Gasteiger partial charge on any atom is 0.226 e. The molecular weight excluding hydrogens is 285 g/mol. The van der Waals surface area contributed by atoms with Gasteiger partial charge in [0, 0.05) is 17.7 Å². The van der Waals surface area contributed by atoms with E-state index in [2.05, 4.69) is 19.9 Å². The Kier molecular flexibility index (Phi) is 3.00. The molecule has 5 nitrogen and oxygen atoms in total. The number of benzene rings is 1. The van der Waals surface area contributed by atoms with Crippen molar-refractivity contribution in [3.05, 3.63) is 46.4 Å². The number of nitrogens with zero attached hydrogens (tertiary/aromatic N) is 3. The predicted molar refractivity (Wildman–Crippen MR) is 67.9 cm³/mol. The molecule has 0 unspecified atom stereocenters. The Morgan fingerprint density at radius 1 is 1.14 bits per heavy atom. The van der Waals surface area contributed by atoms with Gasteiger partial charge in [-0.2, -0.15) is 0 Å². The molecule has 1 aromatic carbocycles. The van der Waals surface area contributed by atoms with E-state index in [1.165, 1.54) is 0 Å². The van der Waals surface area contributed by atoms with Crippen molar-refractivity contribution in [1.82, 2.24) is 15.3 Å². The second-order valence-corrected chi connectivity index (χ2v) is 4.58. The number of halogens is 3. The number of nitrogen functional groups attached to an aromatic ring is 1. The molecular formula is C13H9F3N4O. The Balaban J connectivity index is 2.09. The molecule has 0 saturated heterocycles. The van der Waals surface area contributed by atoms with Gasteiger partial charge in [0.25, 0.3) is 0 Å². The van der Waals surface area contributed by atoms with Crippen LogP contribution >= 0.6 is 0 Å². The molecule has 0 aliphatic heterocycles. The molecule has 2 heterocycles. The summed E-state index contributed by atoms with van der Waals surface area (Å²) >= 11 is 0. The minimum Gasteiger partial charge on any atom is -0.396 e. The molecule has 0 bridgehead atoms. The van der Waals surface area contributed by atoms with Gasteiger partial charge in [-0.05, 0) is 34.9 Å². The third kappa shape index (κ3) is 2.18. The number of pyridine rings is 1. The Labute approximate surface area is 116 Å². The summed E-state index contributed by atoms with van der Waals surface area (Å²) in [5.74, 6) is -4.01. The highest BCUT2D eigenvalue weighted by molar-refractivity contribution is 5.85. The highest BCUT2D eigenvalue weighted by Gasteiger charge is 2.17. The molecule has 0 atom stereocenters. The highest BCUT2D eigenvalue weighted by atomic mass is 19.2. The first kappa shape index (κ1) is 13.3. The van der Waals surface area contributed by atoms with Gasteiger partial charge in [0.1, 0.15) is 0 Å². The smallest absolute Gasteiger partial charge is 0.226 e. The van der Waals surface area contributed by atoms with Crippen molar-refractivity contribution in [1.29, 1.82) is 0 Å². The molecule has 2 N–H and O–H groups in total. The van der Waals surface area contributed by atoms with Crippen molar-refractivity contribution < 1.29 is 17.8 Å². The van der Waals surface area contributed by atoms with Crippen LogP contribution in [0, 0.1) is 24.4 Å². The van der Waals surface area contributed by atoms with Crippen molar-refractivity contribution in [2.75, 3.05) is 5.73 Å². The molecule has 3 rings (SSSR count). The normalized spacial score (nSPS) is 11.2. The molecule has 0 saturated carbocycles. The fourth-order valence-electron chi connectivity index (χ4n) is 2.13. The second-order valence-electron chi connectivity index (χ2n) is 4.58. The van der Waals surface area contributed by atoms with Crippen LogP contribution in [0.3, 0.4) is 0 Å². The quantitative estimate of drug-likeness (QED) is 0.735. The SMILES string of the molecule is Cc1nc2nonc2c(N)c1Cc1cc(F)c(F)c(F)c1. The van der Waals surface area contributed by atoms with Crippen LogP contribution in [0.1, 0.15) is 16.8 Å². The average molecular weight is 294 g/mol. The Bertz CT molecular complexity index is 824. The van der Waals surface area contributed by atoms with Crippen LogP contribution < -0.4 is 5.73 Å². The zero-order chi connectivity index (χ0) is 15.1. The van der Waals surface area contributed by atoms with Crippen molar-refractivity contribution in [3.8, 4) is 0 Å². The number of anilines is 1. The monoisotopic (exact) mass is 294 g/mol. The van der Waals surface area contributed by atoms with Crippen molar-refractivity contribution in [3.63, 3.8) is 0 Å². The Morgan fingerprint density at radius 2 is 1.81 bits per heavy atom. The van der Waals surface area contributed by atoms with Gasteiger partial charge in [-0.25, -0.2) is 22.8 Å². The van der Waals surface area contributed by atoms with E-state index >= 15 is 0 Å². The highest BCUT2D eigenvalue weighted by Crippen LogP contribution is 2.26. The third-order valence-corrected chi connectivity index (χ3v) is 3.19. The van der Waals surface area contributed by atoms with E-state index in [0.29, 0.717) is 11.3 Å². The summed E-state index contributed by atoms with van der Waals surface area (Å²) in [5, 5.41) is 7.21. The van der Waals surface area contributed by atoms with Gasteiger partial charge < -0.3 is 5.73 Å². The summed E-state index contributed by atoms with van der Waals surface area (Å²) < 4.78 is 44.0. The first-order valence-corrected chi connectivity index (χ1v) is 5.98. The van der Waals surface area contributed by atoms with Gasteiger partial charge in [-0.3, -0.25) is 0 Å². The fraction of sp³-hybridized carbons (Fsp3) is 0.154. The summed E-state index contributed by atoms with van der Waals surface area (Å²) in [7, 11) is 0. The largest absolute Gasteiger partial charge is 0.396 e. The van der Waals surface area contributed by atoms with Crippen molar-refractivity contribution >= 4 is 16.9 Å². The Morgan fingerprint density at radius 3 is 2.48 bits per heavy atom. The lowest BCUT2D eigenvalue weighted by Crippen LogP contribution is -2.04. The van der Waals surface area contributed by atoms with E-state index in [4.69, 9.17) is 5.73 Å². The summed E-state index contributed by atoms with van der Waals surface area (Å²) in [6.07, 6.45) is 0.0849. The van der Waals surface area contributed by atoms with E-state index in [0.717, 1.165) is 12.1 Å². The van der Waals surface area contributed by atoms with Crippen LogP contribution in [-0.4, -0.2) is 15.3 Å². The van der Waals surface area contributed by atoms with E-state index in [1.54, 1.807) is 6.92 Å². The van der Waals surface area contributed by atoms with Gasteiger partial charge in [-0.15, -0.1) is 0 Å². The van der Waals surface area contributed by atoms with E-state index in [1.807, 2.05) is 0 Å². The summed E-state index contributed by atoms with van der Waals surface area (Å²) in [6, 6.07) is 1.84. The molecule has 0 spiro atoms. The zero-order valence-corrected chi connectivity index (χ0v) is 10.8. The van der Waals surface area contributed by atoms with E-state index < -0.39 is 17.5 Å². The summed E-state index contributed by atoms with van der Waals surface area (Å²) in [5.41, 5.74) is 8.05. The maximum absolute atomic E-state index is 13.2. The fourth-order valence-corrected chi connectivity index (χ4v) is 2.13. The average Bonchev–Trinajstić information content (AvgIpc) is 2.89. The van der Waals surface area contributed by atoms with Crippen LogP contribution in [0.15, 0.2) is 16.8 Å². The maximum atomic E-state index is 13.2. The minimum atomic E-state index is -1.50. The number of aromatic nitrogens is 3. The van der Waals surface area contributed by atoms with Crippen LogP contribution in [0.4, 0.5) is 18.9 Å². The molecule has 0 fully saturated rings. The van der Waals surface area contributed by atoms with Gasteiger partial charge >= 0.3 is 0 Å². The summed E-state index contributed by atoms with van der Waals surface area (Å²) in [4.78, 5) is 4.15. The predicted octanol–water partition coefficient (Wildman–Crippen LogP) is 2.52. The van der Waals surface area contributed by atoms with Crippen LogP contribution in [-0.2, 0) is 6.42 Å². The first-order valence-electron chi connectivity index (χ1n) is 5.98. The summed E-state index contributed by atoms with van der Waals surface area (Å²) in [6.45, 7) is 1.68. The molecule has 0 aliphatic carbocycles. The van der Waals surface area contributed by atoms with E-state index in [-0.39, 0.29) is 28.8 Å². The molecule has 3 aromatic rings. The minimum absolute atomic E-state index is 0.0849. The standard InChI is InChI=1S/C13H9F3N4O/c1-5-7(11(17)12-13(18-5)20-21-19-12)2-6-3-8(14)10(16)9(15)4-6/h3-4H,2,17H2,1H3. The lowest BCUT2D eigenvalue weighted by Gasteiger charge is -2.09. The number of rotatable bonds is 2. The number of hydrogen-bond acceptors (Lipinski definition) is 5. The molecule has 21 heavy (non-hydrogen) atoms. The van der Waals surface area contributed by atoms with Gasteiger partial charge in [0.15, 0.2) is 23.0 Å². The number of hydrogen-bond donors (Lipinski definition) is 1. The molecule has 8 heteroatoms. The Hall–Kier alpha value is -2.64. The van der Waals surface area contributed by atoms with Gasteiger partial charge in [0.2, 0.25) is 5.65 Å². The second kappa shape index (κ2) is 4.72. The molecule has 2 aromatic heterocycles. The van der Waals surface area contributed by atoms with Crippen LogP contribution in [0.2, 0.25) is 0 Å². The number of fused-ring (bicyclic) bond motifs is 1. The first-order chi connectivity index (χ1) is 9.97. The molecule has 0 amide bonds. The van der Waals surface area contributed by atoms with Crippen LogP contribution in [0.25, 0.3) is 11.2 Å². The number of aryl methyl sites for hydroxylation is 1. The molecule has 0 aliphatic rings. The molecule has 0 radical (unpaired) electrons. The lowest BCUT2D eigenvalue weighted by molar-refractivity contribution is 0.315. The van der Waals surface area contributed by atoms with Crippen molar-refractivity contribution in [2.45, 2.75) is 13.3 Å². The van der Waals surface area contributed by atoms with Gasteiger partial charge in [0.05, 0.1) is 5.69 Å². The number of nitrogens with two attached hydrogens (primary N) is 1. The van der Waals surface area contributed by atoms with Crippen LogP contribution in [0.5, 0.6) is 0 Å². The lowest BCUT2D eigenvalue weighted by atomic mass is 10.0. The molecule has 108 valence electrons.